The van der Waals surface area contributed by atoms with E-state index < -0.39 is 0 Å². The van der Waals surface area contributed by atoms with Crippen molar-refractivity contribution in [1.82, 2.24) is 4.90 Å². The fourth-order valence-electron chi connectivity index (χ4n) is 5.31. The largest absolute Gasteiger partial charge is 0.470 e. The second kappa shape index (κ2) is 7.25. The van der Waals surface area contributed by atoms with Crippen LogP contribution < -0.4 is 4.74 Å². The van der Waals surface area contributed by atoms with E-state index in [1.165, 1.54) is 38.6 Å². The first-order valence-electron chi connectivity index (χ1n) is 11.3. The number of benzene rings is 4. The highest BCUT2D eigenvalue weighted by Crippen LogP contribution is 2.50. The maximum atomic E-state index is 6.71. The molecular formula is C29H27NO. The summed E-state index contributed by atoms with van der Waals surface area (Å²) in [4.78, 5) is 2.56. The van der Waals surface area contributed by atoms with E-state index in [9.17, 15) is 0 Å². The molecule has 2 aliphatic rings. The lowest BCUT2D eigenvalue weighted by molar-refractivity contribution is -0.0260. The number of nitrogens with zero attached hydrogens (tertiary/aromatic N) is 1. The van der Waals surface area contributed by atoms with E-state index in [1.807, 2.05) is 0 Å². The Labute approximate surface area is 184 Å². The zero-order valence-corrected chi connectivity index (χ0v) is 18.1. The van der Waals surface area contributed by atoms with Crippen LogP contribution in [0.15, 0.2) is 84.9 Å². The maximum absolute atomic E-state index is 6.71. The summed E-state index contributed by atoms with van der Waals surface area (Å²) in [6, 6.07) is 31.2. The molecule has 2 heterocycles. The molecule has 0 amide bonds. The van der Waals surface area contributed by atoms with E-state index in [2.05, 4.69) is 104 Å². The van der Waals surface area contributed by atoms with Crippen molar-refractivity contribution >= 4 is 10.8 Å². The lowest BCUT2D eigenvalue weighted by Crippen LogP contribution is -2.44. The molecular weight excluding hydrogens is 378 g/mol. The highest BCUT2D eigenvalue weighted by molar-refractivity contribution is 5.89. The Hall–Kier alpha value is -3.10. The SMILES string of the molecule is CC(C)c1ccc(C2c3c(ccc4ccccc34)OC3c4ccccc4CCN32)cc1. The molecule has 2 heteroatoms. The van der Waals surface area contributed by atoms with Crippen molar-refractivity contribution in [3.63, 3.8) is 0 Å². The lowest BCUT2D eigenvalue weighted by atomic mass is 9.86. The van der Waals surface area contributed by atoms with Crippen LogP contribution in [0.1, 0.15) is 59.9 Å². The number of hydrogen-bond acceptors (Lipinski definition) is 2. The Morgan fingerprint density at radius 3 is 2.45 bits per heavy atom. The van der Waals surface area contributed by atoms with Crippen molar-refractivity contribution in [3.05, 3.63) is 113 Å². The van der Waals surface area contributed by atoms with Crippen molar-refractivity contribution in [1.29, 1.82) is 0 Å². The number of fused-ring (bicyclic) bond motifs is 6. The van der Waals surface area contributed by atoms with Gasteiger partial charge in [0.05, 0.1) is 6.04 Å². The van der Waals surface area contributed by atoms with Crippen molar-refractivity contribution in [2.24, 2.45) is 0 Å². The fourth-order valence-corrected chi connectivity index (χ4v) is 5.31. The minimum absolute atomic E-state index is 0.0478. The van der Waals surface area contributed by atoms with Crippen LogP contribution in [0.3, 0.4) is 0 Å². The monoisotopic (exact) mass is 405 g/mol. The van der Waals surface area contributed by atoms with E-state index in [0.717, 1.165) is 18.7 Å². The van der Waals surface area contributed by atoms with Gasteiger partial charge in [0.1, 0.15) is 5.75 Å². The first kappa shape index (κ1) is 18.7. The number of hydrogen-bond donors (Lipinski definition) is 0. The van der Waals surface area contributed by atoms with Gasteiger partial charge in [0.25, 0.3) is 0 Å². The Morgan fingerprint density at radius 2 is 1.61 bits per heavy atom. The van der Waals surface area contributed by atoms with Gasteiger partial charge in [-0.15, -0.1) is 0 Å². The molecule has 0 fully saturated rings. The molecule has 0 spiro atoms. The molecule has 0 saturated carbocycles. The van der Waals surface area contributed by atoms with Crippen molar-refractivity contribution in [3.8, 4) is 5.75 Å². The van der Waals surface area contributed by atoms with Crippen LogP contribution in [0.2, 0.25) is 0 Å². The van der Waals surface area contributed by atoms with Crippen LogP contribution in [0, 0.1) is 0 Å². The van der Waals surface area contributed by atoms with Gasteiger partial charge in [-0.05, 0) is 45.9 Å². The molecule has 0 saturated heterocycles. The Bertz CT molecular complexity index is 1260. The van der Waals surface area contributed by atoms with Gasteiger partial charge >= 0.3 is 0 Å². The molecule has 2 nitrogen and oxygen atoms in total. The molecule has 0 aliphatic carbocycles. The van der Waals surface area contributed by atoms with Crippen LogP contribution in [0.5, 0.6) is 5.75 Å². The van der Waals surface area contributed by atoms with Crippen LogP contribution in [-0.4, -0.2) is 11.4 Å². The predicted octanol–water partition coefficient (Wildman–Crippen LogP) is 7.00. The summed E-state index contributed by atoms with van der Waals surface area (Å²) in [5.41, 5.74) is 6.73. The summed E-state index contributed by atoms with van der Waals surface area (Å²) >= 11 is 0. The minimum atomic E-state index is -0.0478. The predicted molar refractivity (Wildman–Crippen MR) is 127 cm³/mol. The molecule has 31 heavy (non-hydrogen) atoms. The van der Waals surface area contributed by atoms with E-state index in [0.29, 0.717) is 5.92 Å². The summed E-state index contributed by atoms with van der Waals surface area (Å²) in [6.45, 7) is 5.49. The summed E-state index contributed by atoms with van der Waals surface area (Å²) < 4.78 is 6.71. The third kappa shape index (κ3) is 2.97. The second-order valence-corrected chi connectivity index (χ2v) is 9.08. The van der Waals surface area contributed by atoms with E-state index >= 15 is 0 Å². The first-order chi connectivity index (χ1) is 15.2. The van der Waals surface area contributed by atoms with Gasteiger partial charge in [0.15, 0.2) is 6.23 Å². The Kier molecular flexibility index (Phi) is 4.36. The number of ether oxygens (including phenoxy) is 1. The van der Waals surface area contributed by atoms with Crippen molar-refractivity contribution in [2.45, 2.75) is 38.5 Å². The molecule has 0 N–H and O–H groups in total. The third-order valence-corrected chi connectivity index (χ3v) is 6.95. The quantitative estimate of drug-likeness (QED) is 0.356. The van der Waals surface area contributed by atoms with Crippen LogP contribution >= 0.6 is 0 Å². The highest BCUT2D eigenvalue weighted by Gasteiger charge is 2.41. The Morgan fingerprint density at radius 1 is 0.839 bits per heavy atom. The molecule has 0 radical (unpaired) electrons. The third-order valence-electron chi connectivity index (χ3n) is 6.95. The van der Waals surface area contributed by atoms with Gasteiger partial charge in [0, 0.05) is 17.7 Å². The van der Waals surface area contributed by atoms with Gasteiger partial charge in [-0.25, -0.2) is 0 Å². The average Bonchev–Trinajstić information content (AvgIpc) is 2.82. The number of rotatable bonds is 2. The summed E-state index contributed by atoms with van der Waals surface area (Å²) in [5.74, 6) is 1.54. The average molecular weight is 406 g/mol. The highest BCUT2D eigenvalue weighted by atomic mass is 16.5. The van der Waals surface area contributed by atoms with Gasteiger partial charge < -0.3 is 4.74 Å². The summed E-state index contributed by atoms with van der Waals surface area (Å²) in [5, 5.41) is 2.56. The van der Waals surface area contributed by atoms with Gasteiger partial charge in [-0.1, -0.05) is 92.7 Å². The van der Waals surface area contributed by atoms with Gasteiger partial charge in [0.2, 0.25) is 0 Å². The molecule has 2 aliphatic heterocycles. The lowest BCUT2D eigenvalue weighted by Gasteiger charge is -2.46. The molecule has 2 atom stereocenters. The molecule has 2 unspecified atom stereocenters. The smallest absolute Gasteiger partial charge is 0.180 e. The second-order valence-electron chi connectivity index (χ2n) is 9.08. The van der Waals surface area contributed by atoms with Crippen molar-refractivity contribution < 1.29 is 4.74 Å². The summed E-state index contributed by atoms with van der Waals surface area (Å²) in [7, 11) is 0. The molecule has 0 bridgehead atoms. The maximum Gasteiger partial charge on any atom is 0.180 e. The van der Waals surface area contributed by atoms with Crippen LogP contribution in [0.4, 0.5) is 0 Å². The fraction of sp³-hybridized carbons (Fsp3) is 0.241. The standard InChI is InChI=1S/C29H27NO/c1-19(2)20-11-13-23(14-12-20)28-27-24-9-5-3-7-21(24)15-16-26(27)31-29-25-10-6-4-8-22(25)17-18-30(28)29/h3-16,19,28-29H,17-18H2,1-2H3. The Balaban J connectivity index is 1.57. The van der Waals surface area contributed by atoms with Crippen LogP contribution in [0.25, 0.3) is 10.8 Å². The minimum Gasteiger partial charge on any atom is -0.470 e. The molecule has 154 valence electrons. The van der Waals surface area contributed by atoms with E-state index in [-0.39, 0.29) is 12.3 Å². The molecule has 0 aromatic heterocycles. The summed E-state index contributed by atoms with van der Waals surface area (Å²) in [6.07, 6.45) is 1.00. The molecule has 4 aromatic carbocycles. The molecule has 4 aromatic rings. The zero-order valence-electron chi connectivity index (χ0n) is 18.1. The molecule has 6 rings (SSSR count). The van der Waals surface area contributed by atoms with Crippen molar-refractivity contribution in [2.75, 3.05) is 6.54 Å². The van der Waals surface area contributed by atoms with Gasteiger partial charge in [-0.3, -0.25) is 4.90 Å². The van der Waals surface area contributed by atoms with E-state index in [1.54, 1.807) is 0 Å². The van der Waals surface area contributed by atoms with Gasteiger partial charge in [-0.2, -0.15) is 0 Å². The zero-order chi connectivity index (χ0) is 20.9. The first-order valence-corrected chi connectivity index (χ1v) is 11.3. The topological polar surface area (TPSA) is 12.5 Å². The van der Waals surface area contributed by atoms with E-state index in [4.69, 9.17) is 4.74 Å². The van der Waals surface area contributed by atoms with Crippen LogP contribution in [-0.2, 0) is 6.42 Å². The normalized spacial score (nSPS) is 20.1.